The average molecular weight is 303 g/mol. The van der Waals surface area contributed by atoms with Crippen LogP contribution < -0.4 is 0 Å². The van der Waals surface area contributed by atoms with Crippen molar-refractivity contribution in [2.24, 2.45) is 5.92 Å². The van der Waals surface area contributed by atoms with Crippen LogP contribution in [0.5, 0.6) is 0 Å². The molecule has 0 spiro atoms. The Hall–Kier alpha value is -2.50. The molecule has 0 aliphatic rings. The molecular weight excluding hydrogens is 282 g/mol. The molecule has 1 heterocycles. The fourth-order valence-corrected chi connectivity index (χ4v) is 2.84. The number of hydrogen-bond acceptors (Lipinski definition) is 1. The predicted octanol–water partition coefficient (Wildman–Crippen LogP) is 4.38. The van der Waals surface area contributed by atoms with Crippen molar-refractivity contribution in [1.82, 2.24) is 4.57 Å². The zero-order chi connectivity index (χ0) is 16.2. The van der Waals surface area contributed by atoms with E-state index in [2.05, 4.69) is 41.7 Å². The van der Waals surface area contributed by atoms with E-state index in [0.29, 0.717) is 0 Å². The van der Waals surface area contributed by atoms with Crippen molar-refractivity contribution < 1.29 is 5.11 Å². The Kier molecular flexibility index (Phi) is 4.50. The molecular formula is C21H21NO. The highest BCUT2D eigenvalue weighted by Crippen LogP contribution is 2.30. The number of hydrogen-bond donors (Lipinski definition) is 1. The first kappa shape index (κ1) is 15.4. The van der Waals surface area contributed by atoms with Gasteiger partial charge in [-0.05, 0) is 32.0 Å². The Morgan fingerprint density at radius 3 is 2.48 bits per heavy atom. The number of aromatic nitrogens is 1. The van der Waals surface area contributed by atoms with Crippen LogP contribution in [0.25, 0.3) is 10.9 Å². The molecule has 1 aromatic heterocycles. The molecule has 23 heavy (non-hydrogen) atoms. The van der Waals surface area contributed by atoms with E-state index >= 15 is 0 Å². The summed E-state index contributed by atoms with van der Waals surface area (Å²) < 4.78 is 2.17. The molecule has 2 atom stereocenters. The topological polar surface area (TPSA) is 25.2 Å². The lowest BCUT2D eigenvalue weighted by molar-refractivity contribution is 0.145. The molecule has 0 radical (unpaired) electrons. The van der Waals surface area contributed by atoms with Crippen LogP contribution in [-0.2, 0) is 6.54 Å². The monoisotopic (exact) mass is 303 g/mol. The van der Waals surface area contributed by atoms with Crippen molar-refractivity contribution in [2.75, 3.05) is 0 Å². The Labute approximate surface area is 137 Å². The standard InChI is InChI=1S/C21H21NO/c1-3-22-15-19(18-11-7-8-12-20(18)22)21(23)16(2)13-14-17-9-5-4-6-10-17/h4-12,15-16,21,23H,3H2,1-2H3. The molecule has 2 aromatic carbocycles. The highest BCUT2D eigenvalue weighted by atomic mass is 16.3. The van der Waals surface area contributed by atoms with E-state index in [4.69, 9.17) is 0 Å². The van der Waals surface area contributed by atoms with Crippen LogP contribution in [0.15, 0.2) is 60.8 Å². The lowest BCUT2D eigenvalue weighted by Gasteiger charge is -2.13. The first-order valence-electron chi connectivity index (χ1n) is 8.03. The second-order valence-corrected chi connectivity index (χ2v) is 5.76. The molecule has 1 N–H and O–H groups in total. The number of fused-ring (bicyclic) bond motifs is 1. The lowest BCUT2D eigenvalue weighted by atomic mass is 9.97. The average Bonchev–Trinajstić information content (AvgIpc) is 2.98. The summed E-state index contributed by atoms with van der Waals surface area (Å²) in [5.41, 5.74) is 3.09. The molecule has 0 amide bonds. The third-order valence-corrected chi connectivity index (χ3v) is 4.17. The summed E-state index contributed by atoms with van der Waals surface area (Å²) in [5.74, 6) is 6.19. The molecule has 2 unspecified atom stereocenters. The third kappa shape index (κ3) is 3.16. The van der Waals surface area contributed by atoms with E-state index in [9.17, 15) is 5.11 Å². The molecule has 0 aliphatic heterocycles. The molecule has 0 fully saturated rings. The Morgan fingerprint density at radius 1 is 1.04 bits per heavy atom. The van der Waals surface area contributed by atoms with E-state index in [-0.39, 0.29) is 5.92 Å². The van der Waals surface area contributed by atoms with Gasteiger partial charge in [-0.2, -0.15) is 0 Å². The molecule has 2 nitrogen and oxygen atoms in total. The van der Waals surface area contributed by atoms with Crippen LogP contribution in [0.3, 0.4) is 0 Å². The molecule has 3 aromatic rings. The van der Waals surface area contributed by atoms with Gasteiger partial charge < -0.3 is 9.67 Å². The van der Waals surface area contributed by atoms with Crippen LogP contribution >= 0.6 is 0 Å². The smallest absolute Gasteiger partial charge is 0.0945 e. The summed E-state index contributed by atoms with van der Waals surface area (Å²) in [4.78, 5) is 0. The van der Waals surface area contributed by atoms with Gasteiger partial charge in [-0.3, -0.25) is 0 Å². The quantitative estimate of drug-likeness (QED) is 0.714. The number of para-hydroxylation sites is 1. The summed E-state index contributed by atoms with van der Waals surface area (Å²) in [7, 11) is 0. The van der Waals surface area contributed by atoms with Gasteiger partial charge in [0.15, 0.2) is 0 Å². The van der Waals surface area contributed by atoms with Crippen molar-refractivity contribution in [3.05, 3.63) is 71.9 Å². The van der Waals surface area contributed by atoms with Crippen molar-refractivity contribution in [1.29, 1.82) is 0 Å². The number of aryl methyl sites for hydroxylation is 1. The van der Waals surface area contributed by atoms with Gasteiger partial charge in [0.05, 0.1) is 6.10 Å². The summed E-state index contributed by atoms with van der Waals surface area (Å²) >= 11 is 0. The molecule has 0 saturated heterocycles. The van der Waals surface area contributed by atoms with Crippen LogP contribution in [-0.4, -0.2) is 9.67 Å². The van der Waals surface area contributed by atoms with E-state index in [1.165, 1.54) is 0 Å². The molecule has 3 rings (SSSR count). The largest absolute Gasteiger partial charge is 0.387 e. The van der Waals surface area contributed by atoms with Crippen LogP contribution in [0, 0.1) is 17.8 Å². The minimum atomic E-state index is -0.594. The number of aliphatic hydroxyl groups is 1. The summed E-state index contributed by atoms with van der Waals surface area (Å²) in [6.45, 7) is 4.97. The predicted molar refractivity (Wildman–Crippen MR) is 95.1 cm³/mol. The molecule has 0 saturated carbocycles. The zero-order valence-electron chi connectivity index (χ0n) is 13.5. The van der Waals surface area contributed by atoms with Crippen LogP contribution in [0.2, 0.25) is 0 Å². The van der Waals surface area contributed by atoms with Gasteiger partial charge in [-0.15, -0.1) is 0 Å². The summed E-state index contributed by atoms with van der Waals surface area (Å²) in [5, 5.41) is 11.9. The highest BCUT2D eigenvalue weighted by molar-refractivity contribution is 5.84. The normalized spacial score (nSPS) is 13.3. The minimum Gasteiger partial charge on any atom is -0.387 e. The fraction of sp³-hybridized carbons (Fsp3) is 0.238. The number of benzene rings is 2. The van der Waals surface area contributed by atoms with E-state index in [1.54, 1.807) is 0 Å². The van der Waals surface area contributed by atoms with Gasteiger partial charge in [-0.1, -0.05) is 48.2 Å². The maximum absolute atomic E-state index is 10.8. The first-order valence-corrected chi connectivity index (χ1v) is 8.03. The third-order valence-electron chi connectivity index (χ3n) is 4.17. The van der Waals surface area contributed by atoms with Gasteiger partial charge in [0.2, 0.25) is 0 Å². The molecule has 116 valence electrons. The van der Waals surface area contributed by atoms with Crippen molar-refractivity contribution in [3.8, 4) is 11.8 Å². The maximum atomic E-state index is 10.8. The Bertz CT molecular complexity index is 852. The first-order chi connectivity index (χ1) is 11.2. The number of rotatable bonds is 3. The summed E-state index contributed by atoms with van der Waals surface area (Å²) in [6, 6.07) is 18.1. The van der Waals surface area contributed by atoms with E-state index in [1.807, 2.05) is 49.4 Å². The van der Waals surface area contributed by atoms with E-state index in [0.717, 1.165) is 28.6 Å². The van der Waals surface area contributed by atoms with Crippen molar-refractivity contribution in [3.63, 3.8) is 0 Å². The highest BCUT2D eigenvalue weighted by Gasteiger charge is 2.19. The molecule has 2 heteroatoms. The SMILES string of the molecule is CCn1cc(C(O)C(C)C#Cc2ccccc2)c2ccccc21. The number of aliphatic hydroxyl groups excluding tert-OH is 1. The Morgan fingerprint density at radius 2 is 1.74 bits per heavy atom. The molecule has 0 bridgehead atoms. The zero-order valence-corrected chi connectivity index (χ0v) is 13.5. The van der Waals surface area contributed by atoms with Gasteiger partial charge in [-0.25, -0.2) is 0 Å². The second-order valence-electron chi connectivity index (χ2n) is 5.76. The molecule has 0 aliphatic carbocycles. The van der Waals surface area contributed by atoms with Crippen molar-refractivity contribution >= 4 is 10.9 Å². The Balaban J connectivity index is 1.91. The second kappa shape index (κ2) is 6.73. The fourth-order valence-electron chi connectivity index (χ4n) is 2.84. The number of nitrogens with zero attached hydrogens (tertiary/aromatic N) is 1. The maximum Gasteiger partial charge on any atom is 0.0945 e. The van der Waals surface area contributed by atoms with Gasteiger partial charge in [0.1, 0.15) is 0 Å². The van der Waals surface area contributed by atoms with Crippen LogP contribution in [0.4, 0.5) is 0 Å². The van der Waals surface area contributed by atoms with Crippen LogP contribution in [0.1, 0.15) is 31.1 Å². The van der Waals surface area contributed by atoms with Gasteiger partial charge >= 0.3 is 0 Å². The minimum absolute atomic E-state index is 0.133. The van der Waals surface area contributed by atoms with Crippen molar-refractivity contribution in [2.45, 2.75) is 26.5 Å². The van der Waals surface area contributed by atoms with Gasteiger partial charge in [0.25, 0.3) is 0 Å². The lowest BCUT2D eigenvalue weighted by Crippen LogP contribution is -2.07. The van der Waals surface area contributed by atoms with E-state index < -0.39 is 6.10 Å². The summed E-state index contributed by atoms with van der Waals surface area (Å²) in [6.07, 6.45) is 1.46. The van der Waals surface area contributed by atoms with Gasteiger partial charge in [0, 0.05) is 40.7 Å².